The molecule has 14 heavy (non-hydrogen) atoms. The average Bonchev–Trinajstić information content (AvgIpc) is 2.10. The first-order valence-corrected chi connectivity index (χ1v) is 3.94. The van der Waals surface area contributed by atoms with Crippen LogP contribution in [0, 0.1) is 0 Å². The van der Waals surface area contributed by atoms with Gasteiger partial charge in [-0.25, -0.2) is 9.59 Å². The van der Waals surface area contributed by atoms with Crippen molar-refractivity contribution < 1.29 is 19.8 Å². The van der Waals surface area contributed by atoms with Gasteiger partial charge in [0.25, 0.3) is 0 Å². The molecule has 0 aromatic carbocycles. The first-order chi connectivity index (χ1) is 6.50. The number of carboxylic acid groups (broad SMARTS) is 2. The number of rotatable bonds is 5. The Hall–Kier alpha value is -1.84. The SMILES string of the molecule is C=CC=CCC(C(=O)O)=C(C)C(=O)O. The normalized spacial score (nSPS) is 12.4. The highest BCUT2D eigenvalue weighted by Gasteiger charge is 2.14. The molecule has 0 aliphatic heterocycles. The van der Waals surface area contributed by atoms with Gasteiger partial charge in [0.1, 0.15) is 0 Å². The number of allylic oxidation sites excluding steroid dienone is 3. The second kappa shape index (κ2) is 5.75. The third-order valence-electron chi connectivity index (χ3n) is 1.63. The van der Waals surface area contributed by atoms with E-state index in [2.05, 4.69) is 6.58 Å². The topological polar surface area (TPSA) is 74.6 Å². The second-order valence-electron chi connectivity index (χ2n) is 2.58. The van der Waals surface area contributed by atoms with E-state index >= 15 is 0 Å². The van der Waals surface area contributed by atoms with Crippen molar-refractivity contribution in [2.75, 3.05) is 0 Å². The van der Waals surface area contributed by atoms with Crippen LogP contribution in [0.15, 0.2) is 36.0 Å². The van der Waals surface area contributed by atoms with Gasteiger partial charge in [-0.15, -0.1) is 0 Å². The third kappa shape index (κ3) is 3.71. The average molecular weight is 196 g/mol. The van der Waals surface area contributed by atoms with Crippen molar-refractivity contribution in [2.45, 2.75) is 13.3 Å². The van der Waals surface area contributed by atoms with Crippen LogP contribution >= 0.6 is 0 Å². The molecule has 0 fully saturated rings. The van der Waals surface area contributed by atoms with Gasteiger partial charge in [0, 0.05) is 5.57 Å². The molecule has 76 valence electrons. The van der Waals surface area contributed by atoms with Crippen LogP contribution in [-0.4, -0.2) is 22.2 Å². The van der Waals surface area contributed by atoms with Gasteiger partial charge in [-0.1, -0.05) is 24.8 Å². The fourth-order valence-corrected chi connectivity index (χ4v) is 0.812. The van der Waals surface area contributed by atoms with Crippen molar-refractivity contribution in [1.82, 2.24) is 0 Å². The minimum Gasteiger partial charge on any atom is -0.478 e. The molecule has 0 aromatic rings. The van der Waals surface area contributed by atoms with E-state index < -0.39 is 11.9 Å². The van der Waals surface area contributed by atoms with Gasteiger partial charge in [-0.2, -0.15) is 0 Å². The summed E-state index contributed by atoms with van der Waals surface area (Å²) in [6.07, 6.45) is 4.69. The highest BCUT2D eigenvalue weighted by Crippen LogP contribution is 2.10. The quantitative estimate of drug-likeness (QED) is 0.517. The van der Waals surface area contributed by atoms with Gasteiger partial charge in [-0.3, -0.25) is 0 Å². The lowest BCUT2D eigenvalue weighted by Crippen LogP contribution is -2.08. The second-order valence-corrected chi connectivity index (χ2v) is 2.58. The maximum atomic E-state index is 10.7. The highest BCUT2D eigenvalue weighted by atomic mass is 16.4. The molecule has 0 atom stereocenters. The van der Waals surface area contributed by atoms with Gasteiger partial charge in [0.05, 0.1) is 5.57 Å². The van der Waals surface area contributed by atoms with E-state index in [4.69, 9.17) is 10.2 Å². The summed E-state index contributed by atoms with van der Waals surface area (Å²) in [5, 5.41) is 17.3. The Labute approximate surface area is 81.9 Å². The van der Waals surface area contributed by atoms with Crippen LogP contribution < -0.4 is 0 Å². The van der Waals surface area contributed by atoms with Crippen LogP contribution in [0.3, 0.4) is 0 Å². The molecule has 4 nitrogen and oxygen atoms in total. The minimum atomic E-state index is -1.21. The van der Waals surface area contributed by atoms with Crippen molar-refractivity contribution in [3.63, 3.8) is 0 Å². The molecule has 0 saturated heterocycles. The first kappa shape index (κ1) is 12.2. The molecule has 0 saturated carbocycles. The maximum Gasteiger partial charge on any atom is 0.332 e. The molecule has 0 spiro atoms. The monoisotopic (exact) mass is 196 g/mol. The summed E-state index contributed by atoms with van der Waals surface area (Å²) >= 11 is 0. The fraction of sp³-hybridized carbons (Fsp3) is 0.200. The van der Waals surface area contributed by atoms with Crippen LogP contribution in [0.1, 0.15) is 13.3 Å². The first-order valence-electron chi connectivity index (χ1n) is 3.94. The molecule has 0 aliphatic carbocycles. The smallest absolute Gasteiger partial charge is 0.332 e. The van der Waals surface area contributed by atoms with Crippen LogP contribution in [0.5, 0.6) is 0 Å². The zero-order valence-electron chi connectivity index (χ0n) is 7.86. The van der Waals surface area contributed by atoms with Gasteiger partial charge < -0.3 is 10.2 Å². The Kier molecular flexibility index (Phi) is 4.99. The largest absolute Gasteiger partial charge is 0.478 e. The molecule has 4 heteroatoms. The van der Waals surface area contributed by atoms with Gasteiger partial charge in [0.2, 0.25) is 0 Å². The molecule has 0 heterocycles. The molecule has 0 unspecified atom stereocenters. The van der Waals surface area contributed by atoms with Crippen molar-refractivity contribution in [3.8, 4) is 0 Å². The summed E-state index contributed by atoms with van der Waals surface area (Å²) in [4.78, 5) is 21.2. The van der Waals surface area contributed by atoms with Crippen molar-refractivity contribution >= 4 is 11.9 Å². The predicted octanol–water partition coefficient (Wildman–Crippen LogP) is 1.60. The Balaban J connectivity index is 4.86. The maximum absolute atomic E-state index is 10.7. The molecule has 0 radical (unpaired) electrons. The fourth-order valence-electron chi connectivity index (χ4n) is 0.812. The Bertz CT molecular complexity index is 310. The van der Waals surface area contributed by atoms with Crippen molar-refractivity contribution in [3.05, 3.63) is 36.0 Å². The van der Waals surface area contributed by atoms with E-state index in [9.17, 15) is 9.59 Å². The summed E-state index contributed by atoms with van der Waals surface area (Å²) in [5.41, 5.74) is -0.262. The van der Waals surface area contributed by atoms with Crippen molar-refractivity contribution in [1.29, 1.82) is 0 Å². The van der Waals surface area contributed by atoms with Gasteiger partial charge >= 0.3 is 11.9 Å². The lowest BCUT2D eigenvalue weighted by Gasteiger charge is -2.00. The van der Waals surface area contributed by atoms with Gasteiger partial charge in [-0.05, 0) is 13.3 Å². The zero-order chi connectivity index (χ0) is 11.1. The molecular weight excluding hydrogens is 184 g/mol. The molecule has 0 amide bonds. The lowest BCUT2D eigenvalue weighted by atomic mass is 10.1. The standard InChI is InChI=1S/C10H12O4/c1-3-4-5-6-8(10(13)14)7(2)9(11)12/h3-5H,1,6H2,2H3,(H,11,12)(H,13,14). The zero-order valence-corrected chi connectivity index (χ0v) is 7.86. The van der Waals surface area contributed by atoms with E-state index in [0.717, 1.165) is 0 Å². The molecule has 0 aliphatic rings. The van der Waals surface area contributed by atoms with Crippen LogP contribution in [0.2, 0.25) is 0 Å². The Morgan fingerprint density at radius 1 is 1.29 bits per heavy atom. The highest BCUT2D eigenvalue weighted by molar-refractivity contribution is 5.98. The van der Waals surface area contributed by atoms with Crippen molar-refractivity contribution in [2.24, 2.45) is 0 Å². The van der Waals surface area contributed by atoms with Crippen LogP contribution in [-0.2, 0) is 9.59 Å². The minimum absolute atomic E-state index is 0.0828. The number of hydrogen-bond donors (Lipinski definition) is 2. The summed E-state index contributed by atoms with van der Waals surface area (Å²) in [6, 6.07) is 0. The van der Waals surface area contributed by atoms with E-state index in [0.29, 0.717) is 0 Å². The number of hydrogen-bond acceptors (Lipinski definition) is 2. The van der Waals surface area contributed by atoms with Gasteiger partial charge in [0.15, 0.2) is 0 Å². The predicted molar refractivity (Wildman–Crippen MR) is 51.9 cm³/mol. The van der Waals surface area contributed by atoms with E-state index in [1.807, 2.05) is 0 Å². The van der Waals surface area contributed by atoms with Crippen LogP contribution in [0.4, 0.5) is 0 Å². The molecule has 2 N–H and O–H groups in total. The summed E-state index contributed by atoms with van der Waals surface area (Å²) in [5.74, 6) is -2.42. The van der Waals surface area contributed by atoms with E-state index in [-0.39, 0.29) is 17.6 Å². The van der Waals surface area contributed by atoms with E-state index in [1.165, 1.54) is 13.0 Å². The van der Waals surface area contributed by atoms with E-state index in [1.54, 1.807) is 12.2 Å². The number of aliphatic carboxylic acids is 2. The summed E-state index contributed by atoms with van der Waals surface area (Å²) in [6.45, 7) is 4.69. The Morgan fingerprint density at radius 3 is 2.21 bits per heavy atom. The third-order valence-corrected chi connectivity index (χ3v) is 1.63. The molecule has 0 aromatic heterocycles. The molecule has 0 rings (SSSR count). The number of carbonyl (C=O) groups is 2. The number of carboxylic acids is 2. The Morgan fingerprint density at radius 2 is 1.86 bits per heavy atom. The lowest BCUT2D eigenvalue weighted by molar-refractivity contribution is -0.135. The molecular formula is C10H12O4. The summed E-state index contributed by atoms with van der Waals surface area (Å²) < 4.78 is 0. The summed E-state index contributed by atoms with van der Waals surface area (Å²) in [7, 11) is 0. The molecule has 0 bridgehead atoms. The van der Waals surface area contributed by atoms with Crippen LogP contribution in [0.25, 0.3) is 0 Å².